The van der Waals surface area contributed by atoms with E-state index in [-0.39, 0.29) is 0 Å². The molecule has 20 heavy (non-hydrogen) atoms. The SMILES string of the molecule is CCN(Cc1nc(-c2ccsc2)no1)Cc1cccs1. The van der Waals surface area contributed by atoms with Gasteiger partial charge < -0.3 is 4.52 Å². The highest BCUT2D eigenvalue weighted by atomic mass is 32.1. The predicted octanol–water partition coefficient (Wildman–Crippen LogP) is 3.88. The molecule has 0 bridgehead atoms. The van der Waals surface area contributed by atoms with E-state index in [1.54, 1.807) is 22.7 Å². The molecular formula is C14H15N3OS2. The quantitative estimate of drug-likeness (QED) is 0.693. The number of rotatable bonds is 6. The summed E-state index contributed by atoms with van der Waals surface area (Å²) < 4.78 is 5.35. The average molecular weight is 305 g/mol. The molecule has 0 amide bonds. The summed E-state index contributed by atoms with van der Waals surface area (Å²) in [6.45, 7) is 4.70. The Bertz CT molecular complexity index is 631. The second-order valence-corrected chi connectivity index (χ2v) is 6.22. The van der Waals surface area contributed by atoms with Crippen molar-refractivity contribution in [2.75, 3.05) is 6.54 Å². The summed E-state index contributed by atoms with van der Waals surface area (Å²) in [5.74, 6) is 1.35. The summed E-state index contributed by atoms with van der Waals surface area (Å²) in [7, 11) is 0. The molecule has 0 radical (unpaired) electrons. The number of thiophene rings is 2. The minimum absolute atomic E-state index is 0.671. The topological polar surface area (TPSA) is 42.2 Å². The monoisotopic (exact) mass is 305 g/mol. The van der Waals surface area contributed by atoms with Gasteiger partial charge in [-0.15, -0.1) is 11.3 Å². The zero-order valence-electron chi connectivity index (χ0n) is 11.2. The standard InChI is InChI=1S/C14H15N3OS2/c1-2-17(8-12-4-3-6-20-12)9-13-15-14(16-18-13)11-5-7-19-10-11/h3-7,10H,2,8-9H2,1H3. The second kappa shape index (κ2) is 6.30. The van der Waals surface area contributed by atoms with Crippen molar-refractivity contribution in [2.45, 2.75) is 20.0 Å². The van der Waals surface area contributed by atoms with Gasteiger partial charge in [-0.1, -0.05) is 18.1 Å². The van der Waals surface area contributed by atoms with Crippen LogP contribution in [-0.4, -0.2) is 21.6 Å². The number of nitrogens with zero attached hydrogens (tertiary/aromatic N) is 3. The first-order valence-corrected chi connectivity index (χ1v) is 8.27. The van der Waals surface area contributed by atoms with Crippen molar-refractivity contribution in [1.82, 2.24) is 15.0 Å². The molecule has 3 aromatic heterocycles. The molecule has 0 aliphatic heterocycles. The van der Waals surface area contributed by atoms with Gasteiger partial charge in [0.25, 0.3) is 0 Å². The van der Waals surface area contributed by atoms with Gasteiger partial charge in [-0.25, -0.2) is 0 Å². The lowest BCUT2D eigenvalue weighted by Crippen LogP contribution is -2.21. The van der Waals surface area contributed by atoms with Gasteiger partial charge in [0.2, 0.25) is 11.7 Å². The van der Waals surface area contributed by atoms with E-state index in [0.29, 0.717) is 18.3 Å². The van der Waals surface area contributed by atoms with Crippen LogP contribution in [0.5, 0.6) is 0 Å². The first kappa shape index (κ1) is 13.5. The Morgan fingerprint density at radius 1 is 1.25 bits per heavy atom. The van der Waals surface area contributed by atoms with Gasteiger partial charge in [0.05, 0.1) is 6.54 Å². The molecule has 0 saturated carbocycles. The summed E-state index contributed by atoms with van der Waals surface area (Å²) in [6.07, 6.45) is 0. The zero-order chi connectivity index (χ0) is 13.8. The summed E-state index contributed by atoms with van der Waals surface area (Å²) in [4.78, 5) is 8.10. The third kappa shape index (κ3) is 3.15. The number of hydrogen-bond donors (Lipinski definition) is 0. The Morgan fingerprint density at radius 3 is 2.90 bits per heavy atom. The van der Waals surface area contributed by atoms with Gasteiger partial charge >= 0.3 is 0 Å². The van der Waals surface area contributed by atoms with E-state index in [9.17, 15) is 0 Å². The molecule has 104 valence electrons. The molecule has 0 aliphatic rings. The van der Waals surface area contributed by atoms with Crippen LogP contribution in [0.2, 0.25) is 0 Å². The first-order valence-electron chi connectivity index (χ1n) is 6.45. The maximum atomic E-state index is 5.35. The van der Waals surface area contributed by atoms with Gasteiger partial charge in [-0.05, 0) is 29.4 Å². The lowest BCUT2D eigenvalue weighted by Gasteiger charge is -2.16. The Labute approximate surface area is 125 Å². The fraction of sp³-hybridized carbons (Fsp3) is 0.286. The fourth-order valence-corrected chi connectivity index (χ4v) is 3.30. The maximum absolute atomic E-state index is 5.35. The van der Waals surface area contributed by atoms with Crippen molar-refractivity contribution in [3.63, 3.8) is 0 Å². The van der Waals surface area contributed by atoms with E-state index in [1.165, 1.54) is 4.88 Å². The summed E-state index contributed by atoms with van der Waals surface area (Å²) in [6, 6.07) is 6.23. The van der Waals surface area contributed by atoms with Gasteiger partial charge in [0.15, 0.2) is 0 Å². The molecule has 0 saturated heterocycles. The van der Waals surface area contributed by atoms with Crippen molar-refractivity contribution in [1.29, 1.82) is 0 Å². The highest BCUT2D eigenvalue weighted by Gasteiger charge is 2.13. The van der Waals surface area contributed by atoms with Crippen LogP contribution in [0.25, 0.3) is 11.4 Å². The van der Waals surface area contributed by atoms with Crippen LogP contribution in [0, 0.1) is 0 Å². The lowest BCUT2D eigenvalue weighted by molar-refractivity contribution is 0.230. The highest BCUT2D eigenvalue weighted by Crippen LogP contribution is 2.19. The second-order valence-electron chi connectivity index (χ2n) is 4.41. The van der Waals surface area contributed by atoms with Gasteiger partial charge in [0, 0.05) is 22.4 Å². The largest absolute Gasteiger partial charge is 0.338 e. The molecular weight excluding hydrogens is 290 g/mol. The molecule has 0 fully saturated rings. The zero-order valence-corrected chi connectivity index (χ0v) is 12.8. The van der Waals surface area contributed by atoms with Crippen molar-refractivity contribution in [3.8, 4) is 11.4 Å². The summed E-state index contributed by atoms with van der Waals surface area (Å²) in [5.41, 5.74) is 1.02. The molecule has 0 aliphatic carbocycles. The van der Waals surface area contributed by atoms with E-state index in [2.05, 4.69) is 39.5 Å². The molecule has 0 aromatic carbocycles. The van der Waals surface area contributed by atoms with E-state index in [1.807, 2.05) is 16.8 Å². The van der Waals surface area contributed by atoms with Crippen LogP contribution in [0.15, 0.2) is 38.9 Å². The Morgan fingerprint density at radius 2 is 2.20 bits per heavy atom. The smallest absolute Gasteiger partial charge is 0.241 e. The van der Waals surface area contributed by atoms with Crippen LogP contribution < -0.4 is 0 Å². The molecule has 0 spiro atoms. The third-order valence-electron chi connectivity index (χ3n) is 3.01. The first-order chi connectivity index (χ1) is 9.85. The third-order valence-corrected chi connectivity index (χ3v) is 4.56. The molecule has 0 atom stereocenters. The van der Waals surface area contributed by atoms with Crippen LogP contribution in [0.4, 0.5) is 0 Å². The predicted molar refractivity (Wildman–Crippen MR) is 81.7 cm³/mol. The molecule has 3 aromatic rings. The lowest BCUT2D eigenvalue weighted by atomic mass is 10.3. The van der Waals surface area contributed by atoms with E-state index in [0.717, 1.165) is 18.7 Å². The van der Waals surface area contributed by atoms with Gasteiger partial charge in [-0.2, -0.15) is 16.3 Å². The normalized spacial score (nSPS) is 11.3. The summed E-state index contributed by atoms with van der Waals surface area (Å²) >= 11 is 3.41. The maximum Gasteiger partial charge on any atom is 0.241 e. The van der Waals surface area contributed by atoms with Gasteiger partial charge in [0.1, 0.15) is 0 Å². The average Bonchev–Trinajstić information content (AvgIpc) is 3.20. The van der Waals surface area contributed by atoms with Crippen LogP contribution in [-0.2, 0) is 13.1 Å². The minimum Gasteiger partial charge on any atom is -0.338 e. The molecule has 6 heteroatoms. The number of hydrogen-bond acceptors (Lipinski definition) is 6. The van der Waals surface area contributed by atoms with Crippen LogP contribution in [0.1, 0.15) is 17.7 Å². The van der Waals surface area contributed by atoms with Crippen molar-refractivity contribution < 1.29 is 4.52 Å². The number of aromatic nitrogens is 2. The molecule has 3 rings (SSSR count). The Balaban J connectivity index is 1.67. The summed E-state index contributed by atoms with van der Waals surface area (Å²) in [5, 5.41) is 10.2. The van der Waals surface area contributed by atoms with E-state index < -0.39 is 0 Å². The van der Waals surface area contributed by atoms with Gasteiger partial charge in [-0.3, -0.25) is 4.90 Å². The van der Waals surface area contributed by atoms with Crippen molar-refractivity contribution >= 4 is 22.7 Å². The van der Waals surface area contributed by atoms with Crippen molar-refractivity contribution in [2.24, 2.45) is 0 Å². The highest BCUT2D eigenvalue weighted by molar-refractivity contribution is 7.09. The van der Waals surface area contributed by atoms with Crippen LogP contribution in [0.3, 0.4) is 0 Å². The molecule has 0 N–H and O–H groups in total. The molecule has 4 nitrogen and oxygen atoms in total. The van der Waals surface area contributed by atoms with E-state index in [4.69, 9.17) is 4.52 Å². The Kier molecular flexibility index (Phi) is 4.25. The molecule has 0 unspecified atom stereocenters. The van der Waals surface area contributed by atoms with Crippen molar-refractivity contribution in [3.05, 3.63) is 45.1 Å². The van der Waals surface area contributed by atoms with E-state index >= 15 is 0 Å². The van der Waals surface area contributed by atoms with Crippen LogP contribution >= 0.6 is 22.7 Å². The minimum atomic E-state index is 0.671. The Hall–Kier alpha value is -1.50. The molecule has 3 heterocycles. The fourth-order valence-electron chi connectivity index (χ4n) is 1.92.